The van der Waals surface area contributed by atoms with Crippen LogP contribution in [0.15, 0.2) is 0 Å². The van der Waals surface area contributed by atoms with Crippen molar-refractivity contribution in [2.75, 3.05) is 6.54 Å². The molecule has 0 aromatic carbocycles. The zero-order chi connectivity index (χ0) is 13.1. The van der Waals surface area contributed by atoms with Gasteiger partial charge in [0.05, 0.1) is 0 Å². The molecule has 0 bridgehead atoms. The molecule has 19 heavy (non-hydrogen) atoms. The summed E-state index contributed by atoms with van der Waals surface area (Å²) in [6, 6.07) is 0. The highest BCUT2D eigenvalue weighted by molar-refractivity contribution is 5.04. The van der Waals surface area contributed by atoms with Crippen LogP contribution in [0.5, 0.6) is 0 Å². The summed E-state index contributed by atoms with van der Waals surface area (Å²) in [6.07, 6.45) is 11.6. The number of rotatable bonds is 3. The maximum Gasteiger partial charge on any atom is 0.153 e. The number of hydrogen-bond acceptors (Lipinski definition) is 3. The van der Waals surface area contributed by atoms with E-state index >= 15 is 0 Å². The summed E-state index contributed by atoms with van der Waals surface area (Å²) in [5.41, 5.74) is 5.75. The molecule has 4 heteroatoms. The van der Waals surface area contributed by atoms with E-state index in [-0.39, 0.29) is 0 Å². The number of nitrogens with one attached hydrogen (secondary N) is 1. The van der Waals surface area contributed by atoms with Crippen LogP contribution in [-0.4, -0.2) is 21.7 Å². The molecule has 0 unspecified atom stereocenters. The molecule has 1 heterocycles. The van der Waals surface area contributed by atoms with Crippen LogP contribution < -0.4 is 5.73 Å². The van der Waals surface area contributed by atoms with Gasteiger partial charge < -0.3 is 5.73 Å². The van der Waals surface area contributed by atoms with Crippen LogP contribution >= 0.6 is 0 Å². The van der Waals surface area contributed by atoms with E-state index in [2.05, 4.69) is 10.2 Å². The standard InChI is InChI=1S/C15H26N4/c16-10-11-6-8-13(9-7-11)15-17-14(18-19-15)12-4-2-1-3-5-12/h11-13H,1-10,16H2,(H,17,18,19). The third kappa shape index (κ3) is 2.99. The smallest absolute Gasteiger partial charge is 0.153 e. The Morgan fingerprint density at radius 1 is 0.947 bits per heavy atom. The normalized spacial score (nSPS) is 29.5. The van der Waals surface area contributed by atoms with E-state index < -0.39 is 0 Å². The Balaban J connectivity index is 1.61. The number of H-pyrrole nitrogens is 1. The lowest BCUT2D eigenvalue weighted by molar-refractivity contribution is 0.325. The first-order valence-corrected chi connectivity index (χ1v) is 7.99. The van der Waals surface area contributed by atoms with Crippen molar-refractivity contribution in [3.05, 3.63) is 11.6 Å². The molecular weight excluding hydrogens is 236 g/mol. The highest BCUT2D eigenvalue weighted by atomic mass is 15.2. The summed E-state index contributed by atoms with van der Waals surface area (Å²) >= 11 is 0. The largest absolute Gasteiger partial charge is 0.330 e. The van der Waals surface area contributed by atoms with Gasteiger partial charge in [0.2, 0.25) is 0 Å². The van der Waals surface area contributed by atoms with Gasteiger partial charge in [0, 0.05) is 11.8 Å². The van der Waals surface area contributed by atoms with Crippen molar-refractivity contribution < 1.29 is 0 Å². The SMILES string of the molecule is NCC1CCC(c2nc(C3CCCCC3)n[nH]2)CC1. The van der Waals surface area contributed by atoms with Gasteiger partial charge in [-0.3, -0.25) is 5.10 Å². The van der Waals surface area contributed by atoms with Gasteiger partial charge in [0.1, 0.15) is 5.82 Å². The van der Waals surface area contributed by atoms with E-state index in [1.807, 2.05) is 0 Å². The molecule has 2 saturated carbocycles. The summed E-state index contributed by atoms with van der Waals surface area (Å²) in [7, 11) is 0. The molecule has 106 valence electrons. The zero-order valence-electron chi connectivity index (χ0n) is 11.8. The molecule has 2 aliphatic carbocycles. The molecule has 0 spiro atoms. The van der Waals surface area contributed by atoms with Gasteiger partial charge in [-0.05, 0) is 51.0 Å². The maximum atomic E-state index is 5.75. The average molecular weight is 262 g/mol. The van der Waals surface area contributed by atoms with Gasteiger partial charge in [-0.15, -0.1) is 0 Å². The fraction of sp³-hybridized carbons (Fsp3) is 0.867. The van der Waals surface area contributed by atoms with Crippen LogP contribution in [0.1, 0.15) is 81.3 Å². The monoisotopic (exact) mass is 262 g/mol. The molecule has 3 N–H and O–H groups in total. The van der Waals surface area contributed by atoms with Crippen molar-refractivity contribution in [1.82, 2.24) is 15.2 Å². The van der Waals surface area contributed by atoms with Gasteiger partial charge in [-0.2, -0.15) is 5.10 Å². The highest BCUT2D eigenvalue weighted by Gasteiger charge is 2.26. The quantitative estimate of drug-likeness (QED) is 0.879. The number of aromatic amines is 1. The first-order valence-electron chi connectivity index (χ1n) is 7.99. The Kier molecular flexibility index (Phi) is 4.16. The fourth-order valence-corrected chi connectivity index (χ4v) is 3.69. The topological polar surface area (TPSA) is 67.6 Å². The first kappa shape index (κ1) is 13.1. The highest BCUT2D eigenvalue weighted by Crippen LogP contribution is 2.35. The summed E-state index contributed by atoms with van der Waals surface area (Å²) in [5, 5.41) is 7.71. The van der Waals surface area contributed by atoms with E-state index in [1.54, 1.807) is 0 Å². The molecule has 0 atom stereocenters. The second kappa shape index (κ2) is 6.04. The third-order valence-corrected chi connectivity index (χ3v) is 5.06. The summed E-state index contributed by atoms with van der Waals surface area (Å²) in [4.78, 5) is 4.81. The van der Waals surface area contributed by atoms with E-state index in [0.717, 1.165) is 24.1 Å². The number of nitrogens with zero attached hydrogens (tertiary/aromatic N) is 2. The molecule has 0 radical (unpaired) electrons. The Hall–Kier alpha value is -0.900. The molecular formula is C15H26N4. The van der Waals surface area contributed by atoms with Gasteiger partial charge in [0.25, 0.3) is 0 Å². The molecule has 4 nitrogen and oxygen atoms in total. The Bertz CT molecular complexity index is 387. The minimum absolute atomic E-state index is 0.590. The van der Waals surface area contributed by atoms with Crippen LogP contribution in [0.2, 0.25) is 0 Å². The lowest BCUT2D eigenvalue weighted by atomic mass is 9.82. The van der Waals surface area contributed by atoms with E-state index in [9.17, 15) is 0 Å². The minimum atomic E-state index is 0.590. The predicted molar refractivity (Wildman–Crippen MR) is 76.0 cm³/mol. The van der Waals surface area contributed by atoms with Crippen molar-refractivity contribution in [2.24, 2.45) is 11.7 Å². The van der Waals surface area contributed by atoms with E-state index in [1.165, 1.54) is 57.8 Å². The molecule has 0 aliphatic heterocycles. The molecule has 0 amide bonds. The number of aromatic nitrogens is 3. The van der Waals surface area contributed by atoms with Crippen LogP contribution in [0.25, 0.3) is 0 Å². The predicted octanol–water partition coefficient (Wildman–Crippen LogP) is 3.08. The Morgan fingerprint density at radius 2 is 1.68 bits per heavy atom. The molecule has 3 rings (SSSR count). The first-order chi connectivity index (χ1) is 9.36. The van der Waals surface area contributed by atoms with Crippen LogP contribution in [0.3, 0.4) is 0 Å². The molecule has 1 aromatic heterocycles. The summed E-state index contributed by atoms with van der Waals surface area (Å²) in [5.74, 6) is 4.15. The number of nitrogens with two attached hydrogens (primary N) is 1. The van der Waals surface area contributed by atoms with Crippen LogP contribution in [0, 0.1) is 5.92 Å². The van der Waals surface area contributed by atoms with Crippen molar-refractivity contribution >= 4 is 0 Å². The minimum Gasteiger partial charge on any atom is -0.330 e. The lowest BCUT2D eigenvalue weighted by Gasteiger charge is -2.26. The van der Waals surface area contributed by atoms with E-state index in [4.69, 9.17) is 10.7 Å². The van der Waals surface area contributed by atoms with Crippen molar-refractivity contribution in [2.45, 2.75) is 69.6 Å². The second-order valence-electron chi connectivity index (χ2n) is 6.37. The van der Waals surface area contributed by atoms with Gasteiger partial charge >= 0.3 is 0 Å². The third-order valence-electron chi connectivity index (χ3n) is 5.06. The van der Waals surface area contributed by atoms with E-state index in [0.29, 0.717) is 11.8 Å². The Morgan fingerprint density at radius 3 is 2.37 bits per heavy atom. The fourth-order valence-electron chi connectivity index (χ4n) is 3.69. The zero-order valence-corrected chi connectivity index (χ0v) is 11.8. The van der Waals surface area contributed by atoms with Gasteiger partial charge in [-0.25, -0.2) is 4.98 Å². The van der Waals surface area contributed by atoms with Gasteiger partial charge in [-0.1, -0.05) is 19.3 Å². The number of hydrogen-bond donors (Lipinski definition) is 2. The second-order valence-corrected chi connectivity index (χ2v) is 6.37. The van der Waals surface area contributed by atoms with Crippen LogP contribution in [-0.2, 0) is 0 Å². The maximum absolute atomic E-state index is 5.75. The molecule has 0 saturated heterocycles. The lowest BCUT2D eigenvalue weighted by Crippen LogP contribution is -2.21. The van der Waals surface area contributed by atoms with Crippen LogP contribution in [0.4, 0.5) is 0 Å². The van der Waals surface area contributed by atoms with Crippen molar-refractivity contribution in [1.29, 1.82) is 0 Å². The van der Waals surface area contributed by atoms with Crippen molar-refractivity contribution in [3.8, 4) is 0 Å². The summed E-state index contributed by atoms with van der Waals surface area (Å²) < 4.78 is 0. The average Bonchev–Trinajstić information content (AvgIpc) is 2.98. The Labute approximate surface area is 115 Å². The molecule has 2 aliphatic rings. The summed E-state index contributed by atoms with van der Waals surface area (Å²) in [6.45, 7) is 0.844. The molecule has 1 aromatic rings. The van der Waals surface area contributed by atoms with Crippen molar-refractivity contribution in [3.63, 3.8) is 0 Å². The molecule has 2 fully saturated rings. The van der Waals surface area contributed by atoms with Gasteiger partial charge in [0.15, 0.2) is 5.82 Å².